The van der Waals surface area contributed by atoms with E-state index in [-0.39, 0.29) is 0 Å². The van der Waals surface area contributed by atoms with Crippen molar-refractivity contribution in [1.82, 2.24) is 20.2 Å². The van der Waals surface area contributed by atoms with E-state index in [1.807, 2.05) is 18.2 Å². The molecule has 0 radical (unpaired) electrons. The normalized spacial score (nSPS) is 10.8. The lowest BCUT2D eigenvalue weighted by Gasteiger charge is -2.18. The molecule has 17 heavy (non-hydrogen) atoms. The molecule has 2 aromatic rings. The fourth-order valence-electron chi connectivity index (χ4n) is 1.78. The van der Waals surface area contributed by atoms with Crippen LogP contribution in [0.25, 0.3) is 5.69 Å². The molecule has 0 amide bonds. The summed E-state index contributed by atoms with van der Waals surface area (Å²) in [6.07, 6.45) is 3.80. The molecule has 0 unspecified atom stereocenters. The maximum atomic E-state index is 3.92. The van der Waals surface area contributed by atoms with Crippen LogP contribution in [0.2, 0.25) is 0 Å². The first-order valence-corrected chi connectivity index (χ1v) is 5.94. The zero-order valence-electron chi connectivity index (χ0n) is 10.2. The molecule has 5 heteroatoms. The number of hydrogen-bond donors (Lipinski definition) is 1. The lowest BCUT2D eigenvalue weighted by molar-refractivity contribution is 0.669. The second kappa shape index (κ2) is 5.43. The molecule has 0 aliphatic rings. The number of benzene rings is 1. The zero-order chi connectivity index (χ0) is 12.1. The number of para-hydroxylation sites is 2. The maximum Gasteiger partial charge on any atom is 0.143 e. The van der Waals surface area contributed by atoms with Gasteiger partial charge in [-0.2, -0.15) is 4.68 Å². The molecule has 0 saturated carbocycles. The van der Waals surface area contributed by atoms with E-state index in [0.29, 0.717) is 6.04 Å². The monoisotopic (exact) mass is 231 g/mol. The van der Waals surface area contributed by atoms with Crippen molar-refractivity contribution >= 4 is 5.69 Å². The number of hydrogen-bond acceptors (Lipinski definition) is 4. The highest BCUT2D eigenvalue weighted by Gasteiger charge is 2.08. The Morgan fingerprint density at radius 2 is 2.00 bits per heavy atom. The van der Waals surface area contributed by atoms with Gasteiger partial charge in [-0.1, -0.05) is 26.0 Å². The van der Waals surface area contributed by atoms with Crippen LogP contribution in [0.4, 0.5) is 5.69 Å². The first kappa shape index (κ1) is 11.6. The summed E-state index contributed by atoms with van der Waals surface area (Å²) >= 11 is 0. The van der Waals surface area contributed by atoms with Gasteiger partial charge in [0.1, 0.15) is 6.33 Å². The van der Waals surface area contributed by atoms with Gasteiger partial charge in [0, 0.05) is 6.04 Å². The number of aromatic nitrogens is 4. The average Bonchev–Trinajstić information content (AvgIpc) is 2.90. The van der Waals surface area contributed by atoms with E-state index in [4.69, 9.17) is 0 Å². The summed E-state index contributed by atoms with van der Waals surface area (Å²) in [6, 6.07) is 8.52. The van der Waals surface area contributed by atoms with Crippen molar-refractivity contribution in [1.29, 1.82) is 0 Å². The van der Waals surface area contributed by atoms with E-state index < -0.39 is 0 Å². The van der Waals surface area contributed by atoms with E-state index in [1.165, 1.54) is 0 Å². The minimum atomic E-state index is 0.479. The third-order valence-corrected chi connectivity index (χ3v) is 2.85. The van der Waals surface area contributed by atoms with Crippen LogP contribution < -0.4 is 5.32 Å². The Bertz CT molecular complexity index is 448. The molecular weight excluding hydrogens is 214 g/mol. The molecule has 0 atom stereocenters. The van der Waals surface area contributed by atoms with Crippen LogP contribution in [0.3, 0.4) is 0 Å². The van der Waals surface area contributed by atoms with Gasteiger partial charge in [-0.3, -0.25) is 0 Å². The topological polar surface area (TPSA) is 55.6 Å². The van der Waals surface area contributed by atoms with Crippen molar-refractivity contribution < 1.29 is 0 Å². The number of nitrogens with zero attached hydrogens (tertiary/aromatic N) is 4. The highest BCUT2D eigenvalue weighted by Crippen LogP contribution is 2.20. The van der Waals surface area contributed by atoms with Crippen LogP contribution in [0.1, 0.15) is 26.7 Å². The Kier molecular flexibility index (Phi) is 3.69. The number of tetrazole rings is 1. The molecule has 0 aliphatic carbocycles. The molecule has 2 rings (SSSR count). The van der Waals surface area contributed by atoms with Crippen LogP contribution in [0, 0.1) is 0 Å². The third kappa shape index (κ3) is 2.61. The smallest absolute Gasteiger partial charge is 0.143 e. The van der Waals surface area contributed by atoms with Crippen LogP contribution in [-0.4, -0.2) is 26.2 Å². The largest absolute Gasteiger partial charge is 0.381 e. The number of rotatable bonds is 5. The molecule has 0 spiro atoms. The fraction of sp³-hybridized carbons (Fsp3) is 0.417. The predicted octanol–water partition coefficient (Wildman–Crippen LogP) is 2.26. The second-order valence-corrected chi connectivity index (χ2v) is 3.93. The molecule has 5 nitrogen and oxygen atoms in total. The van der Waals surface area contributed by atoms with Crippen molar-refractivity contribution in [3.63, 3.8) is 0 Å². The van der Waals surface area contributed by atoms with Gasteiger partial charge in [0.05, 0.1) is 11.4 Å². The summed E-state index contributed by atoms with van der Waals surface area (Å²) in [7, 11) is 0. The van der Waals surface area contributed by atoms with Crippen LogP contribution >= 0.6 is 0 Å². The Balaban J connectivity index is 2.28. The van der Waals surface area contributed by atoms with Gasteiger partial charge in [-0.15, -0.1) is 5.10 Å². The van der Waals surface area contributed by atoms with E-state index in [0.717, 1.165) is 24.2 Å². The third-order valence-electron chi connectivity index (χ3n) is 2.85. The van der Waals surface area contributed by atoms with Crippen LogP contribution in [0.15, 0.2) is 30.6 Å². The molecule has 0 aliphatic heterocycles. The summed E-state index contributed by atoms with van der Waals surface area (Å²) in [4.78, 5) is 0. The van der Waals surface area contributed by atoms with Crippen molar-refractivity contribution in [2.75, 3.05) is 5.32 Å². The van der Waals surface area contributed by atoms with Gasteiger partial charge in [-0.25, -0.2) is 0 Å². The predicted molar refractivity (Wildman–Crippen MR) is 67.1 cm³/mol. The molecule has 0 fully saturated rings. The highest BCUT2D eigenvalue weighted by atomic mass is 15.5. The molecule has 1 N–H and O–H groups in total. The maximum absolute atomic E-state index is 3.92. The molecule has 0 bridgehead atoms. The number of nitrogens with one attached hydrogen (secondary N) is 1. The van der Waals surface area contributed by atoms with Gasteiger partial charge in [-0.05, 0) is 35.4 Å². The minimum Gasteiger partial charge on any atom is -0.381 e. The minimum absolute atomic E-state index is 0.479. The molecule has 90 valence electrons. The van der Waals surface area contributed by atoms with Crippen molar-refractivity contribution in [3.8, 4) is 5.69 Å². The number of anilines is 1. The summed E-state index contributed by atoms with van der Waals surface area (Å²) in [5, 5.41) is 14.8. The average molecular weight is 231 g/mol. The van der Waals surface area contributed by atoms with Gasteiger partial charge in [0.15, 0.2) is 0 Å². The van der Waals surface area contributed by atoms with Crippen LogP contribution in [0.5, 0.6) is 0 Å². The van der Waals surface area contributed by atoms with E-state index in [1.54, 1.807) is 11.0 Å². The van der Waals surface area contributed by atoms with Crippen LogP contribution in [-0.2, 0) is 0 Å². The van der Waals surface area contributed by atoms with E-state index >= 15 is 0 Å². The lowest BCUT2D eigenvalue weighted by Crippen LogP contribution is -2.18. The summed E-state index contributed by atoms with van der Waals surface area (Å²) in [6.45, 7) is 4.36. The van der Waals surface area contributed by atoms with Crippen molar-refractivity contribution in [3.05, 3.63) is 30.6 Å². The molecule has 0 saturated heterocycles. The van der Waals surface area contributed by atoms with E-state index in [9.17, 15) is 0 Å². The van der Waals surface area contributed by atoms with Gasteiger partial charge < -0.3 is 5.32 Å². The Morgan fingerprint density at radius 1 is 1.24 bits per heavy atom. The molecule has 1 heterocycles. The second-order valence-electron chi connectivity index (χ2n) is 3.93. The van der Waals surface area contributed by atoms with Gasteiger partial charge >= 0.3 is 0 Å². The first-order chi connectivity index (χ1) is 8.35. The van der Waals surface area contributed by atoms with Crippen molar-refractivity contribution in [2.45, 2.75) is 32.7 Å². The van der Waals surface area contributed by atoms with Gasteiger partial charge in [0.2, 0.25) is 0 Å². The van der Waals surface area contributed by atoms with Crippen molar-refractivity contribution in [2.24, 2.45) is 0 Å². The molecule has 1 aromatic heterocycles. The Hall–Kier alpha value is -1.91. The first-order valence-electron chi connectivity index (χ1n) is 5.94. The summed E-state index contributed by atoms with van der Waals surface area (Å²) in [5.74, 6) is 0. The zero-order valence-corrected chi connectivity index (χ0v) is 10.2. The SMILES string of the molecule is CCC(CC)Nc1ccccc1-n1cnnn1. The molecule has 1 aromatic carbocycles. The van der Waals surface area contributed by atoms with Gasteiger partial charge in [0.25, 0.3) is 0 Å². The summed E-state index contributed by atoms with van der Waals surface area (Å²) in [5.41, 5.74) is 2.04. The fourth-order valence-corrected chi connectivity index (χ4v) is 1.78. The lowest BCUT2D eigenvalue weighted by atomic mass is 10.1. The Morgan fingerprint density at radius 3 is 2.65 bits per heavy atom. The molecular formula is C12H17N5. The summed E-state index contributed by atoms with van der Waals surface area (Å²) < 4.78 is 1.67. The highest BCUT2D eigenvalue weighted by molar-refractivity contribution is 5.60. The quantitative estimate of drug-likeness (QED) is 0.857. The Labute approximate surface area is 101 Å². The van der Waals surface area contributed by atoms with E-state index in [2.05, 4.69) is 40.8 Å². The standard InChI is InChI=1S/C12H17N5/c1-3-10(4-2)14-11-7-5-6-8-12(11)17-9-13-15-16-17/h5-10,14H,3-4H2,1-2H3.